The van der Waals surface area contributed by atoms with E-state index in [1.807, 2.05) is 0 Å². The van der Waals surface area contributed by atoms with Crippen LogP contribution < -0.4 is 14.8 Å². The Balaban J connectivity index is 1.60. The third kappa shape index (κ3) is 6.68. The highest BCUT2D eigenvalue weighted by Crippen LogP contribution is 2.36. The average Bonchev–Trinajstić information content (AvgIpc) is 3.31. The van der Waals surface area contributed by atoms with Crippen molar-refractivity contribution in [3.05, 3.63) is 84.1 Å². The number of nitrogens with one attached hydrogen (secondary N) is 1. The molecule has 1 aromatic heterocycles. The molecule has 0 saturated carbocycles. The number of amides is 2. The quantitative estimate of drug-likeness (QED) is 0.183. The van der Waals surface area contributed by atoms with E-state index in [4.69, 9.17) is 9.47 Å². The number of ketones is 1. The monoisotopic (exact) mass is 567 g/mol. The van der Waals surface area contributed by atoms with E-state index < -0.39 is 29.3 Å². The lowest BCUT2D eigenvalue weighted by molar-refractivity contribution is -0.137. The minimum absolute atomic E-state index is 0.127. The molecular formula is C30H28F3N3O5. The smallest absolute Gasteiger partial charge is 0.416 e. The summed E-state index contributed by atoms with van der Waals surface area (Å²) >= 11 is 0. The Morgan fingerprint density at radius 2 is 1.56 bits per heavy atom. The third-order valence-corrected chi connectivity index (χ3v) is 6.40. The van der Waals surface area contributed by atoms with E-state index in [1.165, 1.54) is 28.8 Å². The number of carbonyl (C=O) groups is 3. The van der Waals surface area contributed by atoms with Gasteiger partial charge in [0.2, 0.25) is 5.91 Å². The summed E-state index contributed by atoms with van der Waals surface area (Å²) in [5, 5.41) is 2.98. The van der Waals surface area contributed by atoms with Crippen LogP contribution in [0.5, 0.6) is 17.2 Å². The van der Waals surface area contributed by atoms with Crippen LogP contribution in [0.1, 0.15) is 29.8 Å². The van der Waals surface area contributed by atoms with Crippen LogP contribution in [0.2, 0.25) is 0 Å². The van der Waals surface area contributed by atoms with E-state index >= 15 is 0 Å². The maximum Gasteiger partial charge on any atom is 0.416 e. The molecule has 0 aliphatic carbocycles. The third-order valence-electron chi connectivity index (χ3n) is 6.40. The molecule has 11 heteroatoms. The molecule has 0 unspecified atom stereocenters. The summed E-state index contributed by atoms with van der Waals surface area (Å²) in [5.41, 5.74) is -0.476. The first-order chi connectivity index (χ1) is 19.5. The average molecular weight is 568 g/mol. The molecule has 0 fully saturated rings. The van der Waals surface area contributed by atoms with Crippen LogP contribution in [0.15, 0.2) is 72.9 Å². The van der Waals surface area contributed by atoms with Crippen molar-refractivity contribution in [3.63, 3.8) is 0 Å². The number of methoxy groups -OCH3 is 1. The van der Waals surface area contributed by atoms with E-state index in [2.05, 4.69) is 5.32 Å². The SMILES string of the molecule is CCN(CC)C(=O)C(=O)c1cn(CC(=O)Nc2cc(Oc3ccc(OC)cc3)cc(C(F)(F)F)c2)c2ccccc12. The predicted molar refractivity (Wildman–Crippen MR) is 147 cm³/mol. The van der Waals surface area contributed by atoms with Gasteiger partial charge >= 0.3 is 6.18 Å². The van der Waals surface area contributed by atoms with Gasteiger partial charge in [0, 0.05) is 41.9 Å². The molecule has 4 aromatic rings. The lowest BCUT2D eigenvalue weighted by Crippen LogP contribution is -2.36. The number of fused-ring (bicyclic) bond motifs is 1. The number of Topliss-reactive ketones (excluding diaryl/α,β-unsaturated/α-hetero) is 1. The van der Waals surface area contributed by atoms with Crippen molar-refractivity contribution >= 4 is 34.2 Å². The van der Waals surface area contributed by atoms with Gasteiger partial charge in [0.05, 0.1) is 18.2 Å². The molecule has 2 amide bonds. The number of hydrogen-bond acceptors (Lipinski definition) is 5. The summed E-state index contributed by atoms with van der Waals surface area (Å²) in [4.78, 5) is 40.2. The van der Waals surface area contributed by atoms with Crippen LogP contribution in [0.4, 0.5) is 18.9 Å². The molecule has 41 heavy (non-hydrogen) atoms. The molecular weight excluding hydrogens is 539 g/mol. The minimum atomic E-state index is -4.69. The van der Waals surface area contributed by atoms with Gasteiger partial charge in [0.15, 0.2) is 0 Å². The first kappa shape index (κ1) is 29.2. The number of benzene rings is 3. The van der Waals surface area contributed by atoms with Gasteiger partial charge in [-0.05, 0) is 56.3 Å². The number of aromatic nitrogens is 1. The van der Waals surface area contributed by atoms with Crippen LogP contribution in [0.25, 0.3) is 10.9 Å². The molecule has 3 aromatic carbocycles. The Bertz CT molecular complexity index is 1570. The second-order valence-electron chi connectivity index (χ2n) is 9.06. The van der Waals surface area contributed by atoms with Crippen molar-refractivity contribution in [2.75, 3.05) is 25.5 Å². The molecule has 8 nitrogen and oxygen atoms in total. The number of rotatable bonds is 10. The molecule has 0 spiro atoms. The van der Waals surface area contributed by atoms with Crippen LogP contribution in [-0.2, 0) is 22.3 Å². The maximum atomic E-state index is 13.6. The molecule has 0 atom stereocenters. The molecule has 1 heterocycles. The van der Waals surface area contributed by atoms with Gasteiger partial charge in [-0.3, -0.25) is 14.4 Å². The second kappa shape index (κ2) is 12.2. The van der Waals surface area contributed by atoms with E-state index in [-0.39, 0.29) is 29.3 Å². The number of nitrogens with zero attached hydrogens (tertiary/aromatic N) is 2. The van der Waals surface area contributed by atoms with Gasteiger partial charge in [0.25, 0.3) is 11.7 Å². The molecule has 0 bridgehead atoms. The standard InChI is InChI=1S/C30H28F3N3O5/c1-4-35(5-2)29(39)28(38)25-17-36(26-9-7-6-8-24(25)26)18-27(37)34-20-14-19(30(31,32)33)15-23(16-20)41-22-12-10-21(40-3)11-13-22/h6-17H,4-5,18H2,1-3H3,(H,34,37). The van der Waals surface area contributed by atoms with Gasteiger partial charge in [0.1, 0.15) is 23.8 Å². The zero-order valence-electron chi connectivity index (χ0n) is 22.6. The summed E-state index contributed by atoms with van der Waals surface area (Å²) < 4.78 is 53.1. The van der Waals surface area contributed by atoms with Gasteiger partial charge in [-0.2, -0.15) is 13.2 Å². The first-order valence-electron chi connectivity index (χ1n) is 12.8. The zero-order chi connectivity index (χ0) is 29.7. The maximum absolute atomic E-state index is 13.6. The second-order valence-corrected chi connectivity index (χ2v) is 9.06. The zero-order valence-corrected chi connectivity index (χ0v) is 22.6. The van der Waals surface area contributed by atoms with Crippen LogP contribution in [0.3, 0.4) is 0 Å². The first-order valence-corrected chi connectivity index (χ1v) is 12.8. The molecule has 1 N–H and O–H groups in total. The van der Waals surface area contributed by atoms with Crippen LogP contribution >= 0.6 is 0 Å². The van der Waals surface area contributed by atoms with Gasteiger partial charge in [-0.15, -0.1) is 0 Å². The normalized spacial score (nSPS) is 11.3. The van der Waals surface area contributed by atoms with Crippen molar-refractivity contribution in [2.24, 2.45) is 0 Å². The highest BCUT2D eigenvalue weighted by Gasteiger charge is 2.32. The Hall–Kier alpha value is -4.80. The number of halogens is 3. The van der Waals surface area contributed by atoms with Gasteiger partial charge in [-0.25, -0.2) is 0 Å². The topological polar surface area (TPSA) is 89.9 Å². The minimum Gasteiger partial charge on any atom is -0.497 e. The summed E-state index contributed by atoms with van der Waals surface area (Å²) in [6.45, 7) is 3.94. The number of alkyl halides is 3. The molecule has 4 rings (SSSR count). The van der Waals surface area contributed by atoms with Crippen molar-refractivity contribution < 1.29 is 37.0 Å². The summed E-state index contributed by atoms with van der Waals surface area (Å²) in [6.07, 6.45) is -3.28. The van der Waals surface area contributed by atoms with Crippen molar-refractivity contribution in [2.45, 2.75) is 26.6 Å². The van der Waals surface area contributed by atoms with E-state index in [0.717, 1.165) is 12.1 Å². The van der Waals surface area contributed by atoms with E-state index in [1.54, 1.807) is 62.4 Å². The van der Waals surface area contributed by atoms with E-state index in [9.17, 15) is 27.6 Å². The number of carbonyl (C=O) groups excluding carboxylic acids is 3. The highest BCUT2D eigenvalue weighted by atomic mass is 19.4. The van der Waals surface area contributed by atoms with Gasteiger partial charge < -0.3 is 24.3 Å². The van der Waals surface area contributed by atoms with Crippen LogP contribution in [-0.4, -0.2) is 47.3 Å². The molecule has 0 saturated heterocycles. The van der Waals surface area contributed by atoms with Crippen LogP contribution in [0, 0.1) is 0 Å². The van der Waals surface area contributed by atoms with Crippen molar-refractivity contribution in [1.29, 1.82) is 0 Å². The Labute approximate surface area is 234 Å². The number of para-hydroxylation sites is 1. The van der Waals surface area contributed by atoms with Crippen molar-refractivity contribution in [1.82, 2.24) is 9.47 Å². The predicted octanol–water partition coefficient (Wildman–Crippen LogP) is 6.15. The highest BCUT2D eigenvalue weighted by molar-refractivity contribution is 6.44. The summed E-state index contributed by atoms with van der Waals surface area (Å²) in [5.74, 6) is -1.31. The molecule has 214 valence electrons. The fraction of sp³-hybridized carbons (Fsp3) is 0.233. The molecule has 0 aliphatic heterocycles. The summed E-state index contributed by atoms with van der Waals surface area (Å²) in [6, 6.07) is 16.0. The fourth-order valence-electron chi connectivity index (χ4n) is 4.36. The molecule has 0 aliphatic rings. The van der Waals surface area contributed by atoms with Gasteiger partial charge in [-0.1, -0.05) is 18.2 Å². The Morgan fingerprint density at radius 1 is 0.902 bits per heavy atom. The number of anilines is 1. The number of likely N-dealkylation sites (N-methyl/N-ethyl adjacent to an activating group) is 1. The number of hydrogen-bond donors (Lipinski definition) is 1. The fourth-order valence-corrected chi connectivity index (χ4v) is 4.36. The Kier molecular flexibility index (Phi) is 8.65. The van der Waals surface area contributed by atoms with E-state index in [0.29, 0.717) is 29.7 Å². The largest absolute Gasteiger partial charge is 0.497 e. The number of ether oxygens (including phenoxy) is 2. The molecule has 0 radical (unpaired) electrons. The summed E-state index contributed by atoms with van der Waals surface area (Å²) in [7, 11) is 1.48. The van der Waals surface area contributed by atoms with Crippen molar-refractivity contribution in [3.8, 4) is 17.2 Å². The lowest BCUT2D eigenvalue weighted by Gasteiger charge is -2.17. The Morgan fingerprint density at radius 3 is 2.20 bits per heavy atom. The lowest BCUT2D eigenvalue weighted by atomic mass is 10.1.